The lowest BCUT2D eigenvalue weighted by Crippen LogP contribution is -2.17. The van der Waals surface area contributed by atoms with E-state index in [-0.39, 0.29) is 11.4 Å². The number of halogens is 1. The Morgan fingerprint density at radius 1 is 0.880 bits per heavy atom. The summed E-state index contributed by atoms with van der Waals surface area (Å²) in [6.45, 7) is 0. The van der Waals surface area contributed by atoms with Crippen LogP contribution in [0.4, 0.5) is 4.39 Å². The van der Waals surface area contributed by atoms with Gasteiger partial charge in [0.1, 0.15) is 5.82 Å². The number of hydrogen-bond acceptors (Lipinski definition) is 3. The van der Waals surface area contributed by atoms with Crippen molar-refractivity contribution in [3.8, 4) is 22.4 Å². The van der Waals surface area contributed by atoms with Gasteiger partial charge in [-0.05, 0) is 29.8 Å². The molecule has 0 saturated heterocycles. The largest absolute Gasteiger partial charge is 0.285 e. The van der Waals surface area contributed by atoms with Gasteiger partial charge in [0.2, 0.25) is 0 Å². The molecule has 5 nitrogen and oxygen atoms in total. The van der Waals surface area contributed by atoms with Crippen LogP contribution in [0.15, 0.2) is 59.7 Å². The third kappa shape index (κ3) is 2.42. The van der Waals surface area contributed by atoms with E-state index in [4.69, 9.17) is 0 Å². The SMILES string of the molecule is Cn1c(-c2ccc3nccnc3c2)c(-c2cccc(F)c2)c(=O)n1C. The van der Waals surface area contributed by atoms with Crippen LogP contribution in [0.5, 0.6) is 0 Å². The van der Waals surface area contributed by atoms with E-state index in [0.29, 0.717) is 16.8 Å². The van der Waals surface area contributed by atoms with E-state index in [1.807, 2.05) is 18.2 Å². The average molecular weight is 334 g/mol. The van der Waals surface area contributed by atoms with Crippen molar-refractivity contribution in [1.29, 1.82) is 0 Å². The molecule has 0 N–H and O–H groups in total. The first-order valence-electron chi connectivity index (χ1n) is 7.79. The van der Waals surface area contributed by atoms with Crippen LogP contribution in [0.3, 0.4) is 0 Å². The van der Waals surface area contributed by atoms with Crippen LogP contribution in [0.1, 0.15) is 0 Å². The van der Waals surface area contributed by atoms with Gasteiger partial charge in [0.05, 0.1) is 22.3 Å². The number of rotatable bonds is 2. The molecule has 2 aromatic carbocycles. The maximum atomic E-state index is 13.7. The second kappa shape index (κ2) is 5.66. The first-order valence-corrected chi connectivity index (χ1v) is 7.79. The number of hydrogen-bond donors (Lipinski definition) is 0. The quantitative estimate of drug-likeness (QED) is 0.566. The number of nitrogens with zero attached hydrogens (tertiary/aromatic N) is 4. The molecular formula is C19H15FN4O. The molecule has 0 aliphatic rings. The lowest BCUT2D eigenvalue weighted by molar-refractivity contribution is 0.584. The molecule has 0 spiro atoms. The molecule has 0 radical (unpaired) electrons. The fraction of sp³-hybridized carbons (Fsp3) is 0.105. The number of fused-ring (bicyclic) bond motifs is 1. The normalized spacial score (nSPS) is 11.2. The summed E-state index contributed by atoms with van der Waals surface area (Å²) in [6, 6.07) is 11.7. The molecule has 0 aliphatic heterocycles. The summed E-state index contributed by atoms with van der Waals surface area (Å²) in [4.78, 5) is 21.3. The Morgan fingerprint density at radius 2 is 1.64 bits per heavy atom. The van der Waals surface area contributed by atoms with Gasteiger partial charge in [-0.25, -0.2) is 4.39 Å². The van der Waals surface area contributed by atoms with Crippen molar-refractivity contribution in [2.45, 2.75) is 0 Å². The lowest BCUT2D eigenvalue weighted by atomic mass is 10.0. The van der Waals surface area contributed by atoms with Gasteiger partial charge in [-0.2, -0.15) is 0 Å². The van der Waals surface area contributed by atoms with E-state index in [1.54, 1.807) is 43.3 Å². The summed E-state index contributed by atoms with van der Waals surface area (Å²) < 4.78 is 17.0. The molecule has 0 amide bonds. The van der Waals surface area contributed by atoms with Gasteiger partial charge in [0, 0.05) is 32.1 Å². The van der Waals surface area contributed by atoms with Crippen molar-refractivity contribution < 1.29 is 4.39 Å². The van der Waals surface area contributed by atoms with E-state index >= 15 is 0 Å². The fourth-order valence-corrected chi connectivity index (χ4v) is 3.06. The van der Waals surface area contributed by atoms with Crippen molar-refractivity contribution in [3.63, 3.8) is 0 Å². The van der Waals surface area contributed by atoms with Crippen molar-refractivity contribution in [3.05, 3.63) is 71.0 Å². The molecule has 0 saturated carbocycles. The molecule has 2 aromatic heterocycles. The van der Waals surface area contributed by atoms with E-state index in [2.05, 4.69) is 9.97 Å². The smallest absolute Gasteiger partial charge is 0.274 e. The van der Waals surface area contributed by atoms with Gasteiger partial charge in [-0.1, -0.05) is 18.2 Å². The Morgan fingerprint density at radius 3 is 2.40 bits per heavy atom. The van der Waals surface area contributed by atoms with Crippen molar-refractivity contribution >= 4 is 11.0 Å². The van der Waals surface area contributed by atoms with Gasteiger partial charge in [-0.15, -0.1) is 0 Å². The topological polar surface area (TPSA) is 52.7 Å². The highest BCUT2D eigenvalue weighted by Crippen LogP contribution is 2.31. The summed E-state index contributed by atoms with van der Waals surface area (Å²) in [5.41, 5.74) is 3.89. The van der Waals surface area contributed by atoms with Crippen LogP contribution in [-0.2, 0) is 14.1 Å². The van der Waals surface area contributed by atoms with Gasteiger partial charge >= 0.3 is 0 Å². The predicted molar refractivity (Wildman–Crippen MR) is 94.6 cm³/mol. The Hall–Kier alpha value is -3.28. The van der Waals surface area contributed by atoms with Crippen LogP contribution in [0.2, 0.25) is 0 Å². The van der Waals surface area contributed by atoms with E-state index in [1.165, 1.54) is 16.8 Å². The molecule has 6 heteroatoms. The third-order valence-corrected chi connectivity index (χ3v) is 4.37. The highest BCUT2D eigenvalue weighted by Gasteiger charge is 2.20. The third-order valence-electron chi connectivity index (χ3n) is 4.37. The zero-order valence-corrected chi connectivity index (χ0v) is 13.8. The summed E-state index contributed by atoms with van der Waals surface area (Å²) in [5.74, 6) is -0.376. The maximum Gasteiger partial charge on any atom is 0.274 e. The first kappa shape index (κ1) is 15.3. The molecule has 0 bridgehead atoms. The summed E-state index contributed by atoms with van der Waals surface area (Å²) in [6.07, 6.45) is 3.27. The maximum absolute atomic E-state index is 13.7. The summed E-state index contributed by atoms with van der Waals surface area (Å²) >= 11 is 0. The lowest BCUT2D eigenvalue weighted by Gasteiger charge is -2.09. The first-order chi connectivity index (χ1) is 12.1. The highest BCUT2D eigenvalue weighted by molar-refractivity contribution is 5.86. The molecule has 4 rings (SSSR count). The summed E-state index contributed by atoms with van der Waals surface area (Å²) in [5, 5.41) is 0. The number of aromatic nitrogens is 4. The van der Waals surface area contributed by atoms with Crippen LogP contribution in [0, 0.1) is 5.82 Å². The monoisotopic (exact) mass is 334 g/mol. The summed E-state index contributed by atoms with van der Waals surface area (Å²) in [7, 11) is 3.50. The minimum atomic E-state index is -0.376. The molecule has 2 heterocycles. The van der Waals surface area contributed by atoms with E-state index in [9.17, 15) is 9.18 Å². The molecular weight excluding hydrogens is 319 g/mol. The van der Waals surface area contributed by atoms with Gasteiger partial charge < -0.3 is 0 Å². The number of benzene rings is 2. The van der Waals surface area contributed by atoms with Crippen LogP contribution < -0.4 is 5.56 Å². The van der Waals surface area contributed by atoms with Crippen molar-refractivity contribution in [1.82, 2.24) is 19.3 Å². The average Bonchev–Trinajstić information content (AvgIpc) is 2.85. The Bertz CT molecular complexity index is 1160. The standard InChI is InChI=1S/C19H15FN4O/c1-23-18(13-6-7-15-16(11-13)22-9-8-21-15)17(19(25)24(23)2)12-4-3-5-14(20)10-12/h3-11H,1-2H3. The minimum Gasteiger partial charge on any atom is -0.285 e. The molecule has 0 fully saturated rings. The second-order valence-corrected chi connectivity index (χ2v) is 5.85. The molecule has 4 aromatic rings. The zero-order chi connectivity index (χ0) is 17.6. The highest BCUT2D eigenvalue weighted by atomic mass is 19.1. The van der Waals surface area contributed by atoms with Crippen molar-refractivity contribution in [2.24, 2.45) is 14.1 Å². The predicted octanol–water partition coefficient (Wildman–Crippen LogP) is 3.14. The molecule has 124 valence electrons. The van der Waals surface area contributed by atoms with Crippen LogP contribution >= 0.6 is 0 Å². The molecule has 0 atom stereocenters. The Balaban J connectivity index is 2.03. The van der Waals surface area contributed by atoms with E-state index < -0.39 is 0 Å². The van der Waals surface area contributed by atoms with Crippen LogP contribution in [0.25, 0.3) is 33.4 Å². The minimum absolute atomic E-state index is 0.178. The molecule has 0 unspecified atom stereocenters. The van der Waals surface area contributed by atoms with Gasteiger partial charge in [0.15, 0.2) is 0 Å². The second-order valence-electron chi connectivity index (χ2n) is 5.85. The van der Waals surface area contributed by atoms with Crippen LogP contribution in [-0.4, -0.2) is 19.3 Å². The Labute approximate surface area is 143 Å². The van der Waals surface area contributed by atoms with E-state index in [0.717, 1.165) is 16.6 Å². The van der Waals surface area contributed by atoms with Crippen molar-refractivity contribution in [2.75, 3.05) is 0 Å². The molecule has 0 aliphatic carbocycles. The van der Waals surface area contributed by atoms with Gasteiger partial charge in [-0.3, -0.25) is 24.1 Å². The van der Waals surface area contributed by atoms with Gasteiger partial charge in [0.25, 0.3) is 5.56 Å². The molecule has 25 heavy (non-hydrogen) atoms. The Kier molecular flexibility index (Phi) is 3.46. The zero-order valence-electron chi connectivity index (χ0n) is 13.8. The fourth-order valence-electron chi connectivity index (χ4n) is 3.06.